The molecule has 8 nitrogen and oxygen atoms in total. The molecule has 2 fully saturated rings. The molecule has 3 aliphatic heterocycles. The van der Waals surface area contributed by atoms with Crippen molar-refractivity contribution in [1.82, 2.24) is 19.9 Å². The molecule has 2 aromatic carbocycles. The number of nitrogens with zero attached hydrogens (tertiary/aromatic N) is 3. The third-order valence-corrected chi connectivity index (χ3v) is 9.64. The minimum atomic E-state index is -0.532. The highest BCUT2D eigenvalue weighted by molar-refractivity contribution is 5.85. The molecule has 1 saturated carbocycles. The summed E-state index contributed by atoms with van der Waals surface area (Å²) in [5.41, 5.74) is 8.70. The molecule has 4 aromatic rings. The lowest BCUT2D eigenvalue weighted by Gasteiger charge is -2.37. The van der Waals surface area contributed by atoms with Crippen LogP contribution in [0.2, 0.25) is 0 Å². The topological polar surface area (TPSA) is 86.5 Å². The summed E-state index contributed by atoms with van der Waals surface area (Å²) < 4.78 is 12.4. The van der Waals surface area contributed by atoms with Crippen LogP contribution >= 0.6 is 0 Å². The highest BCUT2D eigenvalue weighted by atomic mass is 16.6. The zero-order valence-electron chi connectivity index (χ0n) is 25.9. The average molecular weight is 592 g/mol. The smallest absolute Gasteiger partial charge is 0.410 e. The van der Waals surface area contributed by atoms with Gasteiger partial charge in [-0.3, -0.25) is 4.90 Å². The van der Waals surface area contributed by atoms with Gasteiger partial charge in [0.1, 0.15) is 11.4 Å². The number of hydrogen-bond acceptors (Lipinski definition) is 5. The number of rotatable bonds is 4. The number of amides is 1. The number of likely N-dealkylation sites (tertiary alicyclic amines) is 1. The molecule has 8 rings (SSSR count). The third kappa shape index (κ3) is 4.84. The Morgan fingerprint density at radius 2 is 1.75 bits per heavy atom. The predicted octanol–water partition coefficient (Wildman–Crippen LogP) is 8.99. The van der Waals surface area contributed by atoms with Crippen molar-refractivity contribution < 1.29 is 14.3 Å². The fourth-order valence-electron chi connectivity index (χ4n) is 7.58. The zero-order chi connectivity index (χ0) is 30.0. The van der Waals surface area contributed by atoms with E-state index in [1.54, 1.807) is 4.90 Å². The van der Waals surface area contributed by atoms with E-state index in [1.807, 2.05) is 27.0 Å². The lowest BCUT2D eigenvalue weighted by molar-refractivity contribution is 0.0218. The Bertz CT molecular complexity index is 1720. The second kappa shape index (κ2) is 10.5. The molecule has 0 bridgehead atoms. The number of nitrogens with one attached hydrogen (secondary N) is 2. The van der Waals surface area contributed by atoms with Gasteiger partial charge in [0.05, 0.1) is 29.3 Å². The summed E-state index contributed by atoms with van der Waals surface area (Å²) in [6, 6.07) is 15.4. The fraction of sp³-hybridized carbons (Fsp3) is 0.444. The Morgan fingerprint density at radius 1 is 0.909 bits per heavy atom. The number of aromatic nitrogens is 3. The summed E-state index contributed by atoms with van der Waals surface area (Å²) in [7, 11) is 0. The van der Waals surface area contributed by atoms with E-state index in [-0.39, 0.29) is 12.1 Å². The number of fused-ring (bicyclic) bond motifs is 2. The Morgan fingerprint density at radius 3 is 2.59 bits per heavy atom. The molecule has 8 heteroatoms. The SMILES string of the molecule is CC(C)(C)OC(=O)N1CCC[C@@H]1c1ncc(-c2cc3c4c(c2)Oc2cc(-c5ccc(C6CCCC6)[nH]5)ccc2N4CCC3)[nH]1. The second-order valence-electron chi connectivity index (χ2n) is 13.8. The van der Waals surface area contributed by atoms with Crippen LogP contribution in [0.1, 0.15) is 94.8 Å². The first-order valence-electron chi connectivity index (χ1n) is 16.3. The molecule has 2 N–H and O–H groups in total. The minimum Gasteiger partial charge on any atom is -0.453 e. The summed E-state index contributed by atoms with van der Waals surface area (Å²) in [5.74, 6) is 3.23. The zero-order valence-corrected chi connectivity index (χ0v) is 25.9. The largest absolute Gasteiger partial charge is 0.453 e. The van der Waals surface area contributed by atoms with Crippen molar-refractivity contribution in [1.29, 1.82) is 0 Å². The highest BCUT2D eigenvalue weighted by Crippen LogP contribution is 2.52. The molecule has 1 atom stereocenters. The van der Waals surface area contributed by atoms with E-state index in [0.717, 1.165) is 77.8 Å². The van der Waals surface area contributed by atoms with Crippen LogP contribution in [-0.4, -0.2) is 44.6 Å². The van der Waals surface area contributed by atoms with Crippen LogP contribution in [0.4, 0.5) is 16.2 Å². The molecular formula is C36H41N5O3. The van der Waals surface area contributed by atoms with E-state index >= 15 is 0 Å². The van der Waals surface area contributed by atoms with Crippen molar-refractivity contribution in [3.05, 3.63) is 65.7 Å². The summed E-state index contributed by atoms with van der Waals surface area (Å²) in [6.07, 6.45) is 10.7. The maximum Gasteiger partial charge on any atom is 0.410 e. The van der Waals surface area contributed by atoms with E-state index in [9.17, 15) is 4.79 Å². The first-order chi connectivity index (χ1) is 21.3. The molecule has 1 aliphatic carbocycles. The number of benzene rings is 2. The van der Waals surface area contributed by atoms with Gasteiger partial charge in [0, 0.05) is 35.6 Å². The van der Waals surface area contributed by atoms with Crippen LogP contribution in [0.15, 0.2) is 48.7 Å². The Balaban J connectivity index is 1.08. The quantitative estimate of drug-likeness (QED) is 0.247. The Hall–Kier alpha value is -4.20. The molecule has 1 saturated heterocycles. The molecule has 4 aliphatic rings. The highest BCUT2D eigenvalue weighted by Gasteiger charge is 2.35. The van der Waals surface area contributed by atoms with E-state index in [0.29, 0.717) is 12.5 Å². The van der Waals surface area contributed by atoms with Crippen molar-refractivity contribution in [3.8, 4) is 34.0 Å². The lowest BCUT2D eigenvalue weighted by Crippen LogP contribution is -2.36. The first kappa shape index (κ1) is 27.4. The molecular weight excluding hydrogens is 550 g/mol. The minimum absolute atomic E-state index is 0.117. The number of carbonyl (C=O) groups excluding carboxylic acids is 1. The monoisotopic (exact) mass is 591 g/mol. The first-order valence-corrected chi connectivity index (χ1v) is 16.3. The van der Waals surface area contributed by atoms with Crippen LogP contribution in [0.3, 0.4) is 0 Å². The molecule has 0 radical (unpaired) electrons. The molecule has 228 valence electrons. The Kier molecular flexibility index (Phi) is 6.50. The van der Waals surface area contributed by atoms with Gasteiger partial charge in [-0.15, -0.1) is 0 Å². The number of imidazole rings is 1. The second-order valence-corrected chi connectivity index (χ2v) is 13.8. The van der Waals surface area contributed by atoms with Crippen LogP contribution < -0.4 is 9.64 Å². The molecule has 0 unspecified atom stereocenters. The van der Waals surface area contributed by atoms with E-state index in [4.69, 9.17) is 14.5 Å². The molecule has 0 spiro atoms. The van der Waals surface area contributed by atoms with E-state index in [2.05, 4.69) is 57.3 Å². The molecule has 44 heavy (non-hydrogen) atoms. The number of anilines is 2. The van der Waals surface area contributed by atoms with Gasteiger partial charge >= 0.3 is 6.09 Å². The lowest BCUT2D eigenvalue weighted by atomic mass is 9.95. The van der Waals surface area contributed by atoms with E-state index in [1.165, 1.54) is 42.6 Å². The Labute approximate surface area is 258 Å². The number of aromatic amines is 2. The van der Waals surface area contributed by atoms with Crippen LogP contribution in [0, 0.1) is 0 Å². The van der Waals surface area contributed by atoms with Crippen molar-refractivity contribution >= 4 is 17.5 Å². The summed E-state index contributed by atoms with van der Waals surface area (Å²) in [6.45, 7) is 7.35. The maximum atomic E-state index is 12.9. The van der Waals surface area contributed by atoms with Gasteiger partial charge in [-0.2, -0.15) is 0 Å². The van der Waals surface area contributed by atoms with Crippen molar-refractivity contribution in [2.45, 2.75) is 89.7 Å². The number of carbonyl (C=O) groups is 1. The third-order valence-electron chi connectivity index (χ3n) is 9.64. The van der Waals surface area contributed by atoms with Gasteiger partial charge in [0.2, 0.25) is 0 Å². The summed E-state index contributed by atoms with van der Waals surface area (Å²) in [5, 5.41) is 0. The van der Waals surface area contributed by atoms with Crippen molar-refractivity contribution in [3.63, 3.8) is 0 Å². The number of H-pyrrole nitrogens is 2. The number of ether oxygens (including phenoxy) is 2. The standard InChI is InChI=1S/C36H41N5O3/c1-36(2,3)44-35(42)41-17-7-11-30(41)34-37-21-28(39-34)25-18-24-10-6-16-40-29-15-12-23(19-31(29)43-32(20-25)33(24)40)27-14-13-26(38-27)22-8-4-5-9-22/h12-15,18-22,30,38H,4-11,16-17H2,1-3H3,(H,37,39)/t30-/m1/s1. The van der Waals surface area contributed by atoms with Gasteiger partial charge in [-0.1, -0.05) is 18.9 Å². The summed E-state index contributed by atoms with van der Waals surface area (Å²) in [4.78, 5) is 29.2. The average Bonchev–Trinajstić information content (AvgIpc) is 3.83. The van der Waals surface area contributed by atoms with Crippen molar-refractivity contribution in [2.75, 3.05) is 18.0 Å². The number of hydrogen-bond donors (Lipinski definition) is 2. The number of aryl methyl sites for hydroxylation is 1. The molecule has 5 heterocycles. The van der Waals surface area contributed by atoms with Crippen LogP contribution in [-0.2, 0) is 11.2 Å². The van der Waals surface area contributed by atoms with Gasteiger partial charge in [-0.25, -0.2) is 9.78 Å². The van der Waals surface area contributed by atoms with Crippen molar-refractivity contribution in [2.24, 2.45) is 0 Å². The predicted molar refractivity (Wildman–Crippen MR) is 172 cm³/mol. The molecule has 1 amide bonds. The summed E-state index contributed by atoms with van der Waals surface area (Å²) >= 11 is 0. The fourth-order valence-corrected chi connectivity index (χ4v) is 7.58. The van der Waals surface area contributed by atoms with Gasteiger partial charge in [-0.05, 0) is 107 Å². The van der Waals surface area contributed by atoms with Gasteiger partial charge in [0.25, 0.3) is 0 Å². The van der Waals surface area contributed by atoms with Gasteiger partial charge in [0.15, 0.2) is 11.5 Å². The van der Waals surface area contributed by atoms with Gasteiger partial charge < -0.3 is 24.3 Å². The maximum absolute atomic E-state index is 12.9. The van der Waals surface area contributed by atoms with E-state index < -0.39 is 5.60 Å². The normalized spacial score (nSPS) is 19.6. The van der Waals surface area contributed by atoms with Crippen LogP contribution in [0.5, 0.6) is 11.5 Å². The van der Waals surface area contributed by atoms with Crippen LogP contribution in [0.25, 0.3) is 22.5 Å². The molecule has 2 aromatic heterocycles.